The van der Waals surface area contributed by atoms with E-state index in [1.54, 1.807) is 18.2 Å². The molecule has 0 N–H and O–H groups in total. The molecule has 2 fully saturated rings. The Morgan fingerprint density at radius 2 is 1.41 bits per heavy atom. The lowest BCUT2D eigenvalue weighted by Gasteiger charge is -2.31. The van der Waals surface area contributed by atoms with Crippen LogP contribution in [0.2, 0.25) is 0 Å². The molecule has 0 amide bonds. The Labute approximate surface area is 220 Å². The molecule has 2 aromatic carbocycles. The molecular weight excluding hydrogens is 473 g/mol. The molecule has 4 rings (SSSR count). The van der Waals surface area contributed by atoms with E-state index in [1.165, 1.54) is 25.0 Å². The van der Waals surface area contributed by atoms with Crippen LogP contribution in [0.5, 0.6) is 0 Å². The largest absolute Gasteiger partial charge is 0.459 e. The molecule has 0 atom stereocenters. The zero-order valence-corrected chi connectivity index (χ0v) is 22.3. The maximum atomic E-state index is 15.2. The van der Waals surface area contributed by atoms with Crippen LogP contribution in [0.15, 0.2) is 30.3 Å². The minimum Gasteiger partial charge on any atom is -0.459 e. The van der Waals surface area contributed by atoms with Crippen molar-refractivity contribution in [2.24, 2.45) is 5.92 Å². The standard InChI is InChI=1S/C32H41F3O2/c1-3-5-7-22-10-17-28(29(33)20-22)32(36)37-25-15-13-24(14-16-25)27-19-18-26(30(34)31(27)35)23-11-8-21(6-4-2)9-12-23/h10,17-21,23-25H,3-9,11-16H2,1-2H3. The topological polar surface area (TPSA) is 26.3 Å². The van der Waals surface area contributed by atoms with Gasteiger partial charge in [0.05, 0.1) is 5.56 Å². The van der Waals surface area contributed by atoms with Gasteiger partial charge in [-0.05, 0) is 111 Å². The summed E-state index contributed by atoms with van der Waals surface area (Å²) in [5.41, 5.74) is 1.79. The molecular formula is C32H41F3O2. The molecule has 37 heavy (non-hydrogen) atoms. The number of ether oxygens (including phenoxy) is 1. The lowest BCUT2D eigenvalue weighted by molar-refractivity contribution is 0.0189. The Balaban J connectivity index is 1.32. The van der Waals surface area contributed by atoms with Gasteiger partial charge < -0.3 is 4.74 Å². The van der Waals surface area contributed by atoms with Gasteiger partial charge in [0.15, 0.2) is 11.6 Å². The summed E-state index contributed by atoms with van der Waals surface area (Å²) in [6, 6.07) is 8.28. The Kier molecular flexibility index (Phi) is 9.72. The van der Waals surface area contributed by atoms with Gasteiger partial charge in [-0.25, -0.2) is 18.0 Å². The van der Waals surface area contributed by atoms with E-state index in [2.05, 4.69) is 13.8 Å². The molecule has 2 aliphatic rings. The number of esters is 1. The van der Waals surface area contributed by atoms with Crippen LogP contribution in [0.25, 0.3) is 0 Å². The number of halogens is 3. The average molecular weight is 515 g/mol. The number of hydrogen-bond donors (Lipinski definition) is 0. The molecule has 0 spiro atoms. The highest BCUT2D eigenvalue weighted by Crippen LogP contribution is 2.41. The number of carbonyl (C=O) groups is 1. The van der Waals surface area contributed by atoms with Crippen molar-refractivity contribution in [1.29, 1.82) is 0 Å². The van der Waals surface area contributed by atoms with Gasteiger partial charge in [0.1, 0.15) is 11.9 Å². The molecule has 0 aromatic heterocycles. The Bertz CT molecular complexity index is 1050. The number of rotatable bonds is 9. The van der Waals surface area contributed by atoms with Crippen molar-refractivity contribution in [3.05, 3.63) is 70.0 Å². The summed E-state index contributed by atoms with van der Waals surface area (Å²) in [5.74, 6) is -1.87. The predicted octanol–water partition coefficient (Wildman–Crippen LogP) is 9.40. The first kappa shape index (κ1) is 27.7. The zero-order chi connectivity index (χ0) is 26.4. The first-order valence-electron chi connectivity index (χ1n) is 14.4. The third-order valence-electron chi connectivity index (χ3n) is 8.59. The molecule has 2 saturated carbocycles. The van der Waals surface area contributed by atoms with Crippen LogP contribution in [0, 0.1) is 23.4 Å². The van der Waals surface area contributed by atoms with Crippen LogP contribution in [-0.4, -0.2) is 12.1 Å². The zero-order valence-electron chi connectivity index (χ0n) is 22.3. The van der Waals surface area contributed by atoms with Gasteiger partial charge in [-0.15, -0.1) is 0 Å². The van der Waals surface area contributed by atoms with Gasteiger partial charge in [0, 0.05) is 0 Å². The molecule has 0 heterocycles. The third kappa shape index (κ3) is 6.78. The highest BCUT2D eigenvalue weighted by Gasteiger charge is 2.31. The number of benzene rings is 2. The van der Waals surface area contributed by atoms with Gasteiger partial charge in [-0.3, -0.25) is 0 Å². The van der Waals surface area contributed by atoms with Crippen LogP contribution in [0.3, 0.4) is 0 Å². The monoisotopic (exact) mass is 514 g/mol. The predicted molar refractivity (Wildman–Crippen MR) is 141 cm³/mol. The molecule has 0 bridgehead atoms. The van der Waals surface area contributed by atoms with Crippen molar-refractivity contribution >= 4 is 5.97 Å². The summed E-state index contributed by atoms with van der Waals surface area (Å²) in [6.45, 7) is 4.28. The Morgan fingerprint density at radius 3 is 1.95 bits per heavy atom. The number of aryl methyl sites for hydroxylation is 1. The Morgan fingerprint density at radius 1 is 0.811 bits per heavy atom. The van der Waals surface area contributed by atoms with Crippen LogP contribution in [0.4, 0.5) is 13.2 Å². The van der Waals surface area contributed by atoms with Crippen LogP contribution >= 0.6 is 0 Å². The first-order valence-corrected chi connectivity index (χ1v) is 14.4. The minimum atomic E-state index is -0.709. The van der Waals surface area contributed by atoms with E-state index in [9.17, 15) is 9.18 Å². The Hall–Kier alpha value is -2.30. The van der Waals surface area contributed by atoms with Gasteiger partial charge in [0.25, 0.3) is 0 Å². The molecule has 2 nitrogen and oxygen atoms in total. The summed E-state index contributed by atoms with van der Waals surface area (Å²) >= 11 is 0. The minimum absolute atomic E-state index is 0.0465. The summed E-state index contributed by atoms with van der Waals surface area (Å²) in [5, 5.41) is 0. The van der Waals surface area contributed by atoms with Crippen molar-refractivity contribution in [3.63, 3.8) is 0 Å². The van der Waals surface area contributed by atoms with Crippen molar-refractivity contribution in [2.45, 2.75) is 115 Å². The lowest BCUT2D eigenvalue weighted by Crippen LogP contribution is -2.25. The molecule has 0 radical (unpaired) electrons. The maximum absolute atomic E-state index is 15.2. The van der Waals surface area contributed by atoms with E-state index in [1.807, 2.05) is 0 Å². The van der Waals surface area contributed by atoms with Crippen molar-refractivity contribution in [3.8, 4) is 0 Å². The van der Waals surface area contributed by atoms with Gasteiger partial charge in [0.2, 0.25) is 0 Å². The van der Waals surface area contributed by atoms with Crippen LogP contribution in [-0.2, 0) is 11.2 Å². The lowest BCUT2D eigenvalue weighted by atomic mass is 9.76. The smallest absolute Gasteiger partial charge is 0.341 e. The van der Waals surface area contributed by atoms with Crippen molar-refractivity contribution in [1.82, 2.24) is 0 Å². The summed E-state index contributed by atoms with van der Waals surface area (Å²) in [6.07, 6.45) is 11.2. The second-order valence-electron chi connectivity index (χ2n) is 11.2. The molecule has 0 aliphatic heterocycles. The number of carbonyl (C=O) groups excluding carboxylic acids is 1. The highest BCUT2D eigenvalue weighted by molar-refractivity contribution is 5.89. The SMILES string of the molecule is CCCCc1ccc(C(=O)OC2CCC(c3ccc(C4CCC(CCC)CC4)c(F)c3F)CC2)c(F)c1. The summed E-state index contributed by atoms with van der Waals surface area (Å²) in [4.78, 5) is 12.6. The number of unbranched alkanes of at least 4 members (excludes halogenated alkanes) is 1. The van der Waals surface area contributed by atoms with Crippen LogP contribution in [0.1, 0.15) is 130 Å². The third-order valence-corrected chi connectivity index (χ3v) is 8.59. The summed E-state index contributed by atoms with van der Waals surface area (Å²) in [7, 11) is 0. The molecule has 0 unspecified atom stereocenters. The van der Waals surface area contributed by atoms with E-state index in [0.717, 1.165) is 56.4 Å². The van der Waals surface area contributed by atoms with E-state index in [0.29, 0.717) is 36.8 Å². The molecule has 5 heteroatoms. The first-order chi connectivity index (χ1) is 17.9. The normalized spacial score (nSPS) is 24.1. The highest BCUT2D eigenvalue weighted by atomic mass is 19.2. The second-order valence-corrected chi connectivity index (χ2v) is 11.2. The van der Waals surface area contributed by atoms with E-state index in [4.69, 9.17) is 4.74 Å². The fourth-order valence-corrected chi connectivity index (χ4v) is 6.35. The van der Waals surface area contributed by atoms with E-state index < -0.39 is 23.4 Å². The van der Waals surface area contributed by atoms with Crippen molar-refractivity contribution < 1.29 is 22.7 Å². The number of hydrogen-bond acceptors (Lipinski definition) is 2. The molecule has 202 valence electrons. The van der Waals surface area contributed by atoms with Crippen LogP contribution < -0.4 is 0 Å². The van der Waals surface area contributed by atoms with Crippen molar-refractivity contribution in [2.75, 3.05) is 0 Å². The summed E-state index contributed by atoms with van der Waals surface area (Å²) < 4.78 is 50.4. The fraction of sp³-hybridized carbons (Fsp3) is 0.594. The molecule has 2 aliphatic carbocycles. The van der Waals surface area contributed by atoms with Gasteiger partial charge in [-0.2, -0.15) is 0 Å². The fourth-order valence-electron chi connectivity index (χ4n) is 6.35. The van der Waals surface area contributed by atoms with E-state index in [-0.39, 0.29) is 23.5 Å². The van der Waals surface area contributed by atoms with Gasteiger partial charge in [-0.1, -0.05) is 51.3 Å². The maximum Gasteiger partial charge on any atom is 0.341 e. The average Bonchev–Trinajstić information content (AvgIpc) is 2.90. The molecule has 0 saturated heterocycles. The van der Waals surface area contributed by atoms with E-state index >= 15 is 8.78 Å². The second kappa shape index (κ2) is 13.0. The quantitative estimate of drug-likeness (QED) is 0.312. The van der Waals surface area contributed by atoms with Gasteiger partial charge >= 0.3 is 5.97 Å². The molecule has 2 aromatic rings.